The molecule has 0 aliphatic carbocycles. The fraction of sp³-hybridized carbons (Fsp3) is 0.200. The van der Waals surface area contributed by atoms with Crippen LogP contribution in [-0.2, 0) is 0 Å². The number of benzene rings is 3. The van der Waals surface area contributed by atoms with Crippen LogP contribution in [0, 0.1) is 20.8 Å². The van der Waals surface area contributed by atoms with E-state index in [2.05, 4.69) is 15.3 Å². The average molecular weight is 420 g/mol. The lowest BCUT2D eigenvalue weighted by molar-refractivity contribution is 0.102. The number of anilines is 1. The van der Waals surface area contributed by atoms with Crippen LogP contribution in [0.25, 0.3) is 22.4 Å². The van der Waals surface area contributed by atoms with Crippen molar-refractivity contribution in [3.05, 3.63) is 81.9 Å². The molecule has 4 nitrogen and oxygen atoms in total. The third-order valence-electron chi connectivity index (χ3n) is 4.97. The second-order valence-electron chi connectivity index (χ2n) is 7.00. The second-order valence-corrected chi connectivity index (χ2v) is 7.41. The Morgan fingerprint density at radius 1 is 0.933 bits per heavy atom. The number of carbonyl (C=O) groups is 1. The summed E-state index contributed by atoms with van der Waals surface area (Å²) in [5.41, 5.74) is 7.18. The number of H-pyrrole nitrogens is 1. The highest BCUT2D eigenvalue weighted by Crippen LogP contribution is 2.30. The highest BCUT2D eigenvalue weighted by Gasteiger charge is 2.13. The minimum absolute atomic E-state index is 0.157. The van der Waals surface area contributed by atoms with Crippen LogP contribution in [0.3, 0.4) is 0 Å². The van der Waals surface area contributed by atoms with Crippen molar-refractivity contribution in [3.63, 3.8) is 0 Å². The van der Waals surface area contributed by atoms with E-state index in [1.54, 1.807) is 6.07 Å². The van der Waals surface area contributed by atoms with Crippen molar-refractivity contribution in [3.8, 4) is 11.4 Å². The van der Waals surface area contributed by atoms with Crippen LogP contribution in [-0.4, -0.2) is 15.9 Å². The van der Waals surface area contributed by atoms with Gasteiger partial charge in [-0.05, 0) is 73.9 Å². The van der Waals surface area contributed by atoms with Crippen LogP contribution in [0.5, 0.6) is 0 Å². The molecule has 0 saturated heterocycles. The molecule has 4 rings (SSSR count). The van der Waals surface area contributed by atoms with E-state index in [-0.39, 0.29) is 5.91 Å². The van der Waals surface area contributed by atoms with E-state index in [0.717, 1.165) is 33.4 Å². The molecule has 1 amide bonds. The van der Waals surface area contributed by atoms with Crippen molar-refractivity contribution in [1.29, 1.82) is 0 Å². The average Bonchev–Trinajstić information content (AvgIpc) is 3.15. The molecule has 1 heterocycles. The number of halogens is 1. The van der Waals surface area contributed by atoms with Gasteiger partial charge < -0.3 is 10.3 Å². The fourth-order valence-corrected chi connectivity index (χ4v) is 3.53. The predicted molar refractivity (Wildman–Crippen MR) is 126 cm³/mol. The molecular formula is C25H26ClN3O. The minimum atomic E-state index is -0.157. The molecule has 0 spiro atoms. The van der Waals surface area contributed by atoms with Crippen molar-refractivity contribution in [2.75, 3.05) is 5.32 Å². The first kappa shape index (κ1) is 21.6. The van der Waals surface area contributed by atoms with Crippen LogP contribution >= 0.6 is 11.6 Å². The van der Waals surface area contributed by atoms with Gasteiger partial charge in [0.2, 0.25) is 0 Å². The third kappa shape index (κ3) is 4.39. The molecule has 0 fully saturated rings. The Hall–Kier alpha value is -3.11. The summed E-state index contributed by atoms with van der Waals surface area (Å²) >= 11 is 6.36. The van der Waals surface area contributed by atoms with Crippen molar-refractivity contribution < 1.29 is 4.79 Å². The molecule has 0 radical (unpaired) electrons. The molecule has 154 valence electrons. The molecule has 4 aromatic rings. The molecule has 1 aromatic heterocycles. The SMILES string of the molecule is CC.Cc1ccc(NC(=O)c2ccc3nc(-c4c(C)cccc4Cl)[nH]c3c2)cc1C. The zero-order chi connectivity index (χ0) is 21.8. The van der Waals surface area contributed by atoms with E-state index < -0.39 is 0 Å². The normalized spacial score (nSPS) is 10.5. The maximum absolute atomic E-state index is 12.7. The van der Waals surface area contributed by atoms with E-state index in [9.17, 15) is 4.79 Å². The van der Waals surface area contributed by atoms with Gasteiger partial charge in [-0.2, -0.15) is 0 Å². The first-order chi connectivity index (χ1) is 14.4. The molecule has 0 unspecified atom stereocenters. The Bertz CT molecular complexity index is 1190. The molecular weight excluding hydrogens is 394 g/mol. The van der Waals surface area contributed by atoms with Gasteiger partial charge in [0.05, 0.1) is 16.1 Å². The van der Waals surface area contributed by atoms with E-state index in [1.807, 2.05) is 83.1 Å². The number of nitrogens with zero attached hydrogens (tertiary/aromatic N) is 1. The van der Waals surface area contributed by atoms with Gasteiger partial charge in [-0.15, -0.1) is 0 Å². The lowest BCUT2D eigenvalue weighted by atomic mass is 10.1. The Labute approximate surface area is 182 Å². The highest BCUT2D eigenvalue weighted by atomic mass is 35.5. The number of aryl methyl sites for hydroxylation is 3. The smallest absolute Gasteiger partial charge is 0.255 e. The number of fused-ring (bicyclic) bond motifs is 1. The Morgan fingerprint density at radius 3 is 2.40 bits per heavy atom. The van der Waals surface area contributed by atoms with Gasteiger partial charge >= 0.3 is 0 Å². The summed E-state index contributed by atoms with van der Waals surface area (Å²) < 4.78 is 0. The quantitative estimate of drug-likeness (QED) is 0.372. The highest BCUT2D eigenvalue weighted by molar-refractivity contribution is 6.33. The van der Waals surface area contributed by atoms with E-state index in [1.165, 1.54) is 5.56 Å². The van der Waals surface area contributed by atoms with Gasteiger partial charge in [-0.3, -0.25) is 4.79 Å². The number of imidazole rings is 1. The van der Waals surface area contributed by atoms with Crippen LogP contribution in [0.15, 0.2) is 54.6 Å². The van der Waals surface area contributed by atoms with Crippen molar-refractivity contribution in [2.45, 2.75) is 34.6 Å². The molecule has 30 heavy (non-hydrogen) atoms. The van der Waals surface area contributed by atoms with Crippen LogP contribution in [0.2, 0.25) is 5.02 Å². The Kier molecular flexibility index (Phi) is 6.58. The van der Waals surface area contributed by atoms with Gasteiger partial charge in [0.15, 0.2) is 0 Å². The number of rotatable bonds is 3. The van der Waals surface area contributed by atoms with Gasteiger partial charge in [0.25, 0.3) is 5.91 Å². The first-order valence-corrected chi connectivity index (χ1v) is 10.4. The number of aromatic amines is 1. The second kappa shape index (κ2) is 9.14. The number of amides is 1. The molecule has 5 heteroatoms. The first-order valence-electron chi connectivity index (χ1n) is 10.1. The number of hydrogen-bond donors (Lipinski definition) is 2. The lowest BCUT2D eigenvalue weighted by Crippen LogP contribution is -2.11. The van der Waals surface area contributed by atoms with E-state index in [4.69, 9.17) is 11.6 Å². The predicted octanol–water partition coefficient (Wildman–Crippen LogP) is 7.09. The largest absolute Gasteiger partial charge is 0.338 e. The summed E-state index contributed by atoms with van der Waals surface area (Å²) in [6.07, 6.45) is 0. The van der Waals surface area contributed by atoms with E-state index in [0.29, 0.717) is 16.4 Å². The van der Waals surface area contributed by atoms with Crippen molar-refractivity contribution in [1.82, 2.24) is 9.97 Å². The number of hydrogen-bond acceptors (Lipinski definition) is 2. The number of carbonyl (C=O) groups excluding carboxylic acids is 1. The zero-order valence-electron chi connectivity index (χ0n) is 17.9. The molecule has 3 aromatic carbocycles. The van der Waals surface area contributed by atoms with Gasteiger partial charge in [0, 0.05) is 16.8 Å². The lowest BCUT2D eigenvalue weighted by Gasteiger charge is -2.07. The summed E-state index contributed by atoms with van der Waals surface area (Å²) in [5, 5.41) is 3.60. The summed E-state index contributed by atoms with van der Waals surface area (Å²) in [6.45, 7) is 10.1. The van der Waals surface area contributed by atoms with Crippen molar-refractivity contribution >= 4 is 34.2 Å². The molecule has 0 aliphatic heterocycles. The van der Waals surface area contributed by atoms with Gasteiger partial charge in [0.1, 0.15) is 5.82 Å². The molecule has 0 saturated carbocycles. The maximum atomic E-state index is 12.7. The summed E-state index contributed by atoms with van der Waals surface area (Å²) in [4.78, 5) is 20.6. The van der Waals surface area contributed by atoms with Crippen LogP contribution < -0.4 is 5.32 Å². The molecule has 0 bridgehead atoms. The number of nitrogens with one attached hydrogen (secondary N) is 2. The third-order valence-corrected chi connectivity index (χ3v) is 5.28. The monoisotopic (exact) mass is 419 g/mol. The van der Waals surface area contributed by atoms with Crippen molar-refractivity contribution in [2.24, 2.45) is 0 Å². The van der Waals surface area contributed by atoms with Crippen LogP contribution in [0.1, 0.15) is 40.9 Å². The van der Waals surface area contributed by atoms with Crippen LogP contribution in [0.4, 0.5) is 5.69 Å². The topological polar surface area (TPSA) is 57.8 Å². The summed E-state index contributed by atoms with van der Waals surface area (Å²) in [7, 11) is 0. The fourth-order valence-electron chi connectivity index (χ4n) is 3.22. The maximum Gasteiger partial charge on any atom is 0.255 e. The standard InChI is InChI=1S/C23H20ClN3O.C2H6/c1-13-7-9-17(11-15(13)3)25-23(28)16-8-10-19-20(12-16)27-22(26-19)21-14(2)5-4-6-18(21)24;1-2/h4-12H,1-3H3,(H,25,28)(H,26,27);1-2H3. The molecule has 2 N–H and O–H groups in total. The Balaban J connectivity index is 0.00000124. The summed E-state index contributed by atoms with van der Waals surface area (Å²) in [5.74, 6) is 0.542. The summed E-state index contributed by atoms with van der Waals surface area (Å²) in [6, 6.07) is 17.1. The van der Waals surface area contributed by atoms with E-state index >= 15 is 0 Å². The minimum Gasteiger partial charge on any atom is -0.338 e. The molecule has 0 atom stereocenters. The Morgan fingerprint density at radius 2 is 1.70 bits per heavy atom. The zero-order valence-corrected chi connectivity index (χ0v) is 18.7. The van der Waals surface area contributed by atoms with Gasteiger partial charge in [-0.1, -0.05) is 43.6 Å². The van der Waals surface area contributed by atoms with Gasteiger partial charge in [-0.25, -0.2) is 4.98 Å². The number of aromatic nitrogens is 2. The molecule has 0 aliphatic rings.